The molecule has 0 atom stereocenters. The fourth-order valence-corrected chi connectivity index (χ4v) is 8.09. The first kappa shape index (κ1) is 30.3. The summed E-state index contributed by atoms with van der Waals surface area (Å²) in [7, 11) is -3.85. The van der Waals surface area contributed by atoms with Gasteiger partial charge in [0.25, 0.3) is 0 Å². The molecule has 10 heteroatoms. The average molecular weight is 697 g/mol. The summed E-state index contributed by atoms with van der Waals surface area (Å²) >= 11 is 0. The van der Waals surface area contributed by atoms with E-state index < -0.39 is 23.2 Å². The van der Waals surface area contributed by atoms with Crippen molar-refractivity contribution in [3.63, 3.8) is 0 Å². The fourth-order valence-electron chi connectivity index (χ4n) is 5.97. The number of rotatable bonds is 7. The number of carbonyl (C=O) groups is 1. The highest BCUT2D eigenvalue weighted by Gasteiger charge is 2.36. The van der Waals surface area contributed by atoms with E-state index in [1.54, 1.807) is 18.2 Å². The van der Waals surface area contributed by atoms with E-state index in [2.05, 4.69) is 0 Å². The van der Waals surface area contributed by atoms with Crippen LogP contribution in [0.15, 0.2) is 140 Å². The van der Waals surface area contributed by atoms with E-state index in [1.165, 1.54) is 0 Å². The zero-order valence-corrected chi connectivity index (χ0v) is 28.2. The number of para-hydroxylation sites is 4. The molecule has 0 radical (unpaired) electrons. The molecule has 0 saturated carbocycles. The Labute approximate surface area is 289 Å². The molecule has 244 valence electrons. The third kappa shape index (κ3) is 5.59. The maximum atomic E-state index is 14.2. The number of hydrogen-bond acceptors (Lipinski definition) is 8. The van der Waals surface area contributed by atoms with Gasteiger partial charge in [-0.1, -0.05) is 96.6 Å². The molecule has 7 aromatic rings. The molecular formula is C40H26O8P2. The minimum Gasteiger partial charge on any atom is -0.423 e. The van der Waals surface area contributed by atoms with Gasteiger partial charge in [0.05, 0.1) is 0 Å². The lowest BCUT2D eigenvalue weighted by Gasteiger charge is -2.22. The Bertz CT molecular complexity index is 2380. The summed E-state index contributed by atoms with van der Waals surface area (Å²) in [6.07, 6.45) is 0. The van der Waals surface area contributed by atoms with Crippen LogP contribution < -0.4 is 31.9 Å². The first-order valence-corrected chi connectivity index (χ1v) is 18.0. The van der Waals surface area contributed by atoms with Crippen LogP contribution in [0.4, 0.5) is 0 Å². The number of carbonyl (C=O) groups excluding carboxylic acids is 1. The van der Waals surface area contributed by atoms with Crippen molar-refractivity contribution in [2.45, 2.75) is 6.92 Å². The second-order valence-electron chi connectivity index (χ2n) is 11.6. The molecule has 0 unspecified atom stereocenters. The standard InChI is InChI=1S/C40H26O8P2/c1-25-18-21-28(22-19-25)42-40(41)31-24-27-11-3-5-13-30(27)38(39(31)48-50-45-34-16-8-9-17-35(34)46-50)37-29-12-4-2-10-26(29)20-23-36(37)47-49-43-32-14-6-7-15-33(32)44-49/h2-24H,1H3. The molecule has 50 heavy (non-hydrogen) atoms. The van der Waals surface area contributed by atoms with Crippen LogP contribution in [0.1, 0.15) is 15.9 Å². The monoisotopic (exact) mass is 696 g/mol. The summed E-state index contributed by atoms with van der Waals surface area (Å²) in [5.41, 5.74) is 2.51. The van der Waals surface area contributed by atoms with Gasteiger partial charge in [0, 0.05) is 11.1 Å². The van der Waals surface area contributed by atoms with Gasteiger partial charge in [0.1, 0.15) is 17.1 Å². The normalized spacial score (nSPS) is 13.5. The Balaban J connectivity index is 1.25. The van der Waals surface area contributed by atoms with Crippen LogP contribution in [0.3, 0.4) is 0 Å². The number of ether oxygens (including phenoxy) is 1. The summed E-state index contributed by atoms with van der Waals surface area (Å²) in [5, 5.41) is 3.42. The SMILES string of the molecule is Cc1ccc(OC(=O)c2cc3ccccc3c(-c3c(OP4Oc5ccccc5O4)ccc4ccccc34)c2OP2Oc3ccccc3O2)cc1. The molecule has 0 aromatic heterocycles. The van der Waals surface area contributed by atoms with Crippen LogP contribution in [0.25, 0.3) is 32.7 Å². The van der Waals surface area contributed by atoms with E-state index in [-0.39, 0.29) is 11.3 Å². The Kier molecular flexibility index (Phi) is 7.61. The van der Waals surface area contributed by atoms with Gasteiger partial charge in [0.15, 0.2) is 28.7 Å². The highest BCUT2D eigenvalue weighted by atomic mass is 31.2. The van der Waals surface area contributed by atoms with Gasteiger partial charge in [-0.05, 0) is 77.0 Å². The Hall–Kier alpha value is -5.81. The van der Waals surface area contributed by atoms with E-state index in [9.17, 15) is 4.79 Å². The molecule has 0 N–H and O–H groups in total. The summed E-state index contributed by atoms with van der Waals surface area (Å²) < 4.78 is 43.7. The van der Waals surface area contributed by atoms with Crippen LogP contribution in [-0.4, -0.2) is 5.97 Å². The lowest BCUT2D eigenvalue weighted by molar-refractivity contribution is 0.0733. The predicted molar refractivity (Wildman–Crippen MR) is 194 cm³/mol. The maximum Gasteiger partial charge on any atom is 0.530 e. The molecule has 2 heterocycles. The smallest absolute Gasteiger partial charge is 0.423 e. The van der Waals surface area contributed by atoms with Crippen LogP contribution in [0.5, 0.6) is 40.2 Å². The van der Waals surface area contributed by atoms with Gasteiger partial charge in [-0.15, -0.1) is 0 Å². The Morgan fingerprint density at radius 1 is 0.540 bits per heavy atom. The molecule has 0 bridgehead atoms. The number of benzene rings is 7. The third-order valence-electron chi connectivity index (χ3n) is 8.32. The van der Waals surface area contributed by atoms with Gasteiger partial charge < -0.3 is 31.9 Å². The molecule has 9 rings (SSSR count). The first-order chi connectivity index (χ1) is 24.6. The Morgan fingerprint density at radius 2 is 1.06 bits per heavy atom. The van der Waals surface area contributed by atoms with Gasteiger partial charge in [-0.25, -0.2) is 4.79 Å². The maximum absolute atomic E-state index is 14.2. The first-order valence-electron chi connectivity index (χ1n) is 15.8. The summed E-state index contributed by atoms with van der Waals surface area (Å²) in [6.45, 7) is 1.97. The molecule has 0 fully saturated rings. The molecule has 7 aromatic carbocycles. The van der Waals surface area contributed by atoms with E-state index in [4.69, 9.17) is 31.9 Å². The van der Waals surface area contributed by atoms with E-state index >= 15 is 0 Å². The van der Waals surface area contributed by atoms with Crippen LogP contribution in [-0.2, 0) is 0 Å². The fraction of sp³-hybridized carbons (Fsp3) is 0.0250. The lowest BCUT2D eigenvalue weighted by Crippen LogP contribution is -2.12. The quantitative estimate of drug-likeness (QED) is 0.0925. The van der Waals surface area contributed by atoms with E-state index in [1.807, 2.05) is 128 Å². The van der Waals surface area contributed by atoms with Crippen LogP contribution >= 0.6 is 17.2 Å². The van der Waals surface area contributed by atoms with Crippen LogP contribution in [0, 0.1) is 6.92 Å². The van der Waals surface area contributed by atoms with E-state index in [0.717, 1.165) is 27.1 Å². The zero-order chi connectivity index (χ0) is 33.6. The Morgan fingerprint density at radius 3 is 1.68 bits per heavy atom. The minimum absolute atomic E-state index is 0.190. The number of hydrogen-bond donors (Lipinski definition) is 0. The molecular weight excluding hydrogens is 670 g/mol. The predicted octanol–water partition coefficient (Wildman–Crippen LogP) is 11.3. The van der Waals surface area contributed by atoms with Gasteiger partial charge in [0.2, 0.25) is 0 Å². The van der Waals surface area contributed by atoms with E-state index in [0.29, 0.717) is 45.6 Å². The number of aryl methyl sites for hydroxylation is 1. The van der Waals surface area contributed by atoms with Crippen LogP contribution in [0.2, 0.25) is 0 Å². The minimum atomic E-state index is -2.01. The highest BCUT2D eigenvalue weighted by Crippen LogP contribution is 2.58. The number of esters is 1. The second-order valence-corrected chi connectivity index (χ2v) is 13.6. The molecule has 0 saturated heterocycles. The summed E-state index contributed by atoms with van der Waals surface area (Å²) in [5.74, 6) is 2.82. The molecule has 2 aliphatic rings. The second kappa shape index (κ2) is 12.6. The van der Waals surface area contributed by atoms with Crippen molar-refractivity contribution >= 4 is 44.7 Å². The van der Waals surface area contributed by atoms with Gasteiger partial charge in [-0.3, -0.25) is 0 Å². The topological polar surface area (TPSA) is 81.7 Å². The molecule has 2 aliphatic heterocycles. The van der Waals surface area contributed by atoms with Gasteiger partial charge >= 0.3 is 23.2 Å². The van der Waals surface area contributed by atoms with Crippen molar-refractivity contribution in [1.82, 2.24) is 0 Å². The van der Waals surface area contributed by atoms with Crippen molar-refractivity contribution < 1.29 is 36.7 Å². The van der Waals surface area contributed by atoms with Crippen molar-refractivity contribution in [1.29, 1.82) is 0 Å². The largest absolute Gasteiger partial charge is 0.530 e. The summed E-state index contributed by atoms with van der Waals surface area (Å²) in [6, 6.07) is 43.5. The molecule has 0 amide bonds. The molecule has 8 nitrogen and oxygen atoms in total. The highest BCUT2D eigenvalue weighted by molar-refractivity contribution is 7.43. The molecule has 0 spiro atoms. The van der Waals surface area contributed by atoms with Gasteiger partial charge in [-0.2, -0.15) is 0 Å². The van der Waals surface area contributed by atoms with Crippen molar-refractivity contribution in [2.75, 3.05) is 0 Å². The number of fused-ring (bicyclic) bond motifs is 4. The summed E-state index contributed by atoms with van der Waals surface area (Å²) in [4.78, 5) is 14.2. The lowest BCUT2D eigenvalue weighted by atomic mass is 9.90. The third-order valence-corrected chi connectivity index (χ3v) is 10.4. The van der Waals surface area contributed by atoms with Crippen molar-refractivity contribution in [3.8, 4) is 51.4 Å². The zero-order valence-electron chi connectivity index (χ0n) is 26.4. The molecule has 0 aliphatic carbocycles. The van der Waals surface area contributed by atoms with Crippen molar-refractivity contribution in [2.24, 2.45) is 0 Å². The average Bonchev–Trinajstić information content (AvgIpc) is 3.75. The van der Waals surface area contributed by atoms with Crippen molar-refractivity contribution in [3.05, 3.63) is 151 Å².